The van der Waals surface area contributed by atoms with Crippen molar-refractivity contribution >= 4 is 12.0 Å². The van der Waals surface area contributed by atoms with Crippen LogP contribution in [0.15, 0.2) is 48.5 Å². The lowest BCUT2D eigenvalue weighted by Crippen LogP contribution is -2.47. The first kappa shape index (κ1) is 27.3. The number of ether oxygens (including phenoxy) is 1. The van der Waals surface area contributed by atoms with Crippen molar-refractivity contribution in [3.8, 4) is 22.5 Å². The first-order valence-electron chi connectivity index (χ1n) is 13.6. The number of aromatic nitrogens is 4. The summed E-state index contributed by atoms with van der Waals surface area (Å²) >= 11 is 0. The van der Waals surface area contributed by atoms with Crippen LogP contribution in [-0.4, -0.2) is 69.2 Å². The summed E-state index contributed by atoms with van der Waals surface area (Å²) in [6.07, 6.45) is 7.72. The SMILES string of the molecule is CCCCN(Cc1ccc(-c2ccccc2-c2nnn[nH]2)cc1)C(=O)N(CC(=O)OC)CC1CCCCC1. The Hall–Kier alpha value is -3.75. The Labute approximate surface area is 224 Å². The third-order valence-corrected chi connectivity index (χ3v) is 7.24. The van der Waals surface area contributed by atoms with Crippen LogP contribution in [0, 0.1) is 5.92 Å². The number of hydrogen-bond donors (Lipinski definition) is 1. The van der Waals surface area contributed by atoms with Gasteiger partial charge in [-0.2, -0.15) is 0 Å². The fourth-order valence-electron chi connectivity index (χ4n) is 5.13. The molecule has 2 aromatic carbocycles. The average Bonchev–Trinajstić information content (AvgIpc) is 3.50. The second-order valence-electron chi connectivity index (χ2n) is 10.0. The molecule has 1 aliphatic carbocycles. The predicted octanol–water partition coefficient (Wildman–Crippen LogP) is 5.31. The molecule has 0 unspecified atom stereocenters. The number of nitrogens with zero attached hydrogens (tertiary/aromatic N) is 5. The number of aromatic amines is 1. The van der Waals surface area contributed by atoms with Gasteiger partial charge < -0.3 is 14.5 Å². The van der Waals surface area contributed by atoms with Gasteiger partial charge in [-0.05, 0) is 52.3 Å². The summed E-state index contributed by atoms with van der Waals surface area (Å²) in [7, 11) is 1.37. The molecule has 1 aromatic heterocycles. The molecule has 0 saturated heterocycles. The van der Waals surface area contributed by atoms with Crippen LogP contribution in [0.4, 0.5) is 4.79 Å². The van der Waals surface area contributed by atoms with Crippen molar-refractivity contribution in [1.29, 1.82) is 0 Å². The van der Waals surface area contributed by atoms with Crippen LogP contribution in [-0.2, 0) is 16.1 Å². The van der Waals surface area contributed by atoms with Crippen LogP contribution >= 0.6 is 0 Å². The fraction of sp³-hybridized carbons (Fsp3) is 0.483. The number of carbonyl (C=O) groups excluding carboxylic acids is 2. The number of tetrazole rings is 1. The maximum atomic E-state index is 13.8. The summed E-state index contributed by atoms with van der Waals surface area (Å²) < 4.78 is 4.92. The molecule has 3 aromatic rings. The number of amides is 2. The van der Waals surface area contributed by atoms with E-state index in [0.717, 1.165) is 47.9 Å². The third-order valence-electron chi connectivity index (χ3n) is 7.24. The van der Waals surface area contributed by atoms with Crippen molar-refractivity contribution in [2.45, 2.75) is 58.4 Å². The van der Waals surface area contributed by atoms with Crippen LogP contribution in [0.3, 0.4) is 0 Å². The molecule has 0 radical (unpaired) electrons. The van der Waals surface area contributed by atoms with E-state index in [1.807, 2.05) is 29.2 Å². The number of H-pyrrole nitrogens is 1. The average molecular weight is 519 g/mol. The Morgan fingerprint density at radius 1 is 1.00 bits per heavy atom. The first-order valence-corrected chi connectivity index (χ1v) is 13.6. The lowest BCUT2D eigenvalue weighted by Gasteiger charge is -2.33. The highest BCUT2D eigenvalue weighted by molar-refractivity contribution is 5.82. The van der Waals surface area contributed by atoms with E-state index in [0.29, 0.717) is 31.4 Å². The molecule has 0 aliphatic heterocycles. The maximum Gasteiger partial charge on any atom is 0.325 e. The molecular weight excluding hydrogens is 480 g/mol. The van der Waals surface area contributed by atoms with Gasteiger partial charge in [-0.1, -0.05) is 81.1 Å². The topological polar surface area (TPSA) is 104 Å². The van der Waals surface area contributed by atoms with Gasteiger partial charge in [0.15, 0.2) is 5.82 Å². The van der Waals surface area contributed by atoms with Crippen LogP contribution in [0.25, 0.3) is 22.5 Å². The number of rotatable bonds is 11. The molecule has 202 valence electrons. The van der Waals surface area contributed by atoms with Gasteiger partial charge in [-0.25, -0.2) is 9.89 Å². The highest BCUT2D eigenvalue weighted by Crippen LogP contribution is 2.30. The second-order valence-corrected chi connectivity index (χ2v) is 10.0. The van der Waals surface area contributed by atoms with Gasteiger partial charge in [0.1, 0.15) is 6.54 Å². The minimum atomic E-state index is -0.380. The molecule has 1 heterocycles. The lowest BCUT2D eigenvalue weighted by atomic mass is 9.89. The number of unbranched alkanes of at least 4 members (excludes halogenated alkanes) is 1. The summed E-state index contributed by atoms with van der Waals surface area (Å²) in [5.74, 6) is 0.670. The van der Waals surface area contributed by atoms with Crippen LogP contribution in [0.2, 0.25) is 0 Å². The van der Waals surface area contributed by atoms with Gasteiger partial charge in [0, 0.05) is 25.2 Å². The molecule has 0 atom stereocenters. The first-order chi connectivity index (χ1) is 18.6. The molecule has 2 amide bonds. The van der Waals surface area contributed by atoms with Crippen LogP contribution in [0.1, 0.15) is 57.4 Å². The monoisotopic (exact) mass is 518 g/mol. The third kappa shape index (κ3) is 7.18. The van der Waals surface area contributed by atoms with Gasteiger partial charge in [0.25, 0.3) is 0 Å². The van der Waals surface area contributed by atoms with Gasteiger partial charge in [-0.3, -0.25) is 4.79 Å². The zero-order valence-corrected chi connectivity index (χ0v) is 22.4. The van der Waals surface area contributed by atoms with Crippen molar-refractivity contribution in [3.63, 3.8) is 0 Å². The lowest BCUT2D eigenvalue weighted by molar-refractivity contribution is -0.141. The van der Waals surface area contributed by atoms with Gasteiger partial charge in [0.2, 0.25) is 0 Å². The Morgan fingerprint density at radius 3 is 2.39 bits per heavy atom. The van der Waals surface area contributed by atoms with Crippen molar-refractivity contribution < 1.29 is 14.3 Å². The Morgan fingerprint density at radius 2 is 1.74 bits per heavy atom. The molecule has 1 aliphatic rings. The summed E-state index contributed by atoms with van der Waals surface area (Å²) in [5.41, 5.74) is 4.02. The Kier molecular flexibility index (Phi) is 9.84. The number of benzene rings is 2. The molecular formula is C29H38N6O3. The minimum absolute atomic E-state index is 0.0132. The number of esters is 1. The molecule has 1 N–H and O–H groups in total. The van der Waals surface area contributed by atoms with E-state index in [2.05, 4.69) is 51.8 Å². The summed E-state index contributed by atoms with van der Waals surface area (Å²) in [5, 5.41) is 14.3. The molecule has 0 bridgehead atoms. The van der Waals surface area contributed by atoms with E-state index in [-0.39, 0.29) is 18.5 Å². The summed E-state index contributed by atoms with van der Waals surface area (Å²) in [6.45, 7) is 3.83. The molecule has 9 nitrogen and oxygen atoms in total. The zero-order chi connectivity index (χ0) is 26.7. The number of hydrogen-bond acceptors (Lipinski definition) is 6. The molecule has 38 heavy (non-hydrogen) atoms. The van der Waals surface area contributed by atoms with E-state index in [4.69, 9.17) is 4.74 Å². The zero-order valence-electron chi connectivity index (χ0n) is 22.4. The normalized spacial score (nSPS) is 13.7. The van der Waals surface area contributed by atoms with Crippen LogP contribution < -0.4 is 0 Å². The highest BCUT2D eigenvalue weighted by atomic mass is 16.5. The molecule has 0 spiro atoms. The fourth-order valence-corrected chi connectivity index (χ4v) is 5.13. The standard InChI is InChI=1S/C29H38N6O3/c1-3-4-18-34(29(37)35(21-27(36)38-2)20-22-10-6-5-7-11-22)19-23-14-16-24(17-15-23)25-12-8-9-13-26(25)28-30-32-33-31-28/h8-9,12-17,22H,3-7,10-11,18-21H2,1-2H3,(H,30,31,32,33). The van der Waals surface area contributed by atoms with E-state index >= 15 is 0 Å². The van der Waals surface area contributed by atoms with Gasteiger partial charge in [0.05, 0.1) is 7.11 Å². The van der Waals surface area contributed by atoms with E-state index in [9.17, 15) is 9.59 Å². The van der Waals surface area contributed by atoms with Crippen LogP contribution in [0.5, 0.6) is 0 Å². The van der Waals surface area contributed by atoms with Crippen molar-refractivity contribution in [3.05, 3.63) is 54.1 Å². The molecule has 1 fully saturated rings. The highest BCUT2D eigenvalue weighted by Gasteiger charge is 2.27. The molecule has 9 heteroatoms. The Bertz CT molecular complexity index is 1160. The van der Waals surface area contributed by atoms with Gasteiger partial charge >= 0.3 is 12.0 Å². The van der Waals surface area contributed by atoms with E-state index in [1.165, 1.54) is 26.4 Å². The largest absolute Gasteiger partial charge is 0.468 e. The molecule has 4 rings (SSSR count). The summed E-state index contributed by atoms with van der Waals surface area (Å²) in [4.78, 5) is 29.5. The summed E-state index contributed by atoms with van der Waals surface area (Å²) in [6, 6.07) is 16.1. The molecule has 1 saturated carbocycles. The van der Waals surface area contributed by atoms with Gasteiger partial charge in [-0.15, -0.1) is 5.10 Å². The van der Waals surface area contributed by atoms with E-state index < -0.39 is 0 Å². The van der Waals surface area contributed by atoms with Crippen molar-refractivity contribution in [2.75, 3.05) is 26.7 Å². The number of nitrogens with one attached hydrogen (secondary N) is 1. The smallest absolute Gasteiger partial charge is 0.325 e. The van der Waals surface area contributed by atoms with Crippen molar-refractivity contribution in [1.82, 2.24) is 30.4 Å². The number of urea groups is 1. The number of carbonyl (C=O) groups is 2. The minimum Gasteiger partial charge on any atom is -0.468 e. The van der Waals surface area contributed by atoms with Crippen molar-refractivity contribution in [2.24, 2.45) is 5.92 Å². The second kappa shape index (κ2) is 13.7. The quantitative estimate of drug-likeness (QED) is 0.345. The maximum absolute atomic E-state index is 13.8. The van der Waals surface area contributed by atoms with E-state index in [1.54, 1.807) is 4.90 Å². The Balaban J connectivity index is 1.51. The predicted molar refractivity (Wildman–Crippen MR) is 146 cm³/mol. The number of methoxy groups -OCH3 is 1.